The summed E-state index contributed by atoms with van der Waals surface area (Å²) in [5, 5.41) is 10.3. The number of halogens is 1. The SMILES string of the molecule is Nc1cc(N)c([N+](=O)[O-])cc1Br. The first-order valence-electron chi connectivity index (χ1n) is 3.01. The fraction of sp³-hybridized carbons (Fsp3) is 0. The van der Waals surface area contributed by atoms with Gasteiger partial charge < -0.3 is 11.5 Å². The molecule has 0 aliphatic rings. The Bertz CT molecular complexity index is 340. The smallest absolute Gasteiger partial charge is 0.293 e. The predicted octanol–water partition coefficient (Wildman–Crippen LogP) is 1.52. The highest BCUT2D eigenvalue weighted by Crippen LogP contribution is 2.30. The molecule has 64 valence electrons. The first-order valence-corrected chi connectivity index (χ1v) is 3.80. The summed E-state index contributed by atoms with van der Waals surface area (Å²) >= 11 is 3.06. The van der Waals surface area contributed by atoms with Gasteiger partial charge in [-0.05, 0) is 22.0 Å². The summed E-state index contributed by atoms with van der Waals surface area (Å²) in [6.45, 7) is 0. The van der Waals surface area contributed by atoms with Crippen molar-refractivity contribution in [3.63, 3.8) is 0 Å². The Kier molecular flexibility index (Phi) is 2.18. The minimum absolute atomic E-state index is 0.0701. The van der Waals surface area contributed by atoms with Crippen LogP contribution in [-0.4, -0.2) is 4.92 Å². The molecule has 0 atom stereocenters. The number of nitro groups is 1. The van der Waals surface area contributed by atoms with Crippen molar-refractivity contribution in [2.24, 2.45) is 0 Å². The van der Waals surface area contributed by atoms with E-state index in [1.165, 1.54) is 12.1 Å². The molecule has 0 aliphatic heterocycles. The third-order valence-electron chi connectivity index (χ3n) is 1.34. The summed E-state index contributed by atoms with van der Waals surface area (Å²) in [5.41, 5.74) is 11.1. The second-order valence-corrected chi connectivity index (χ2v) is 3.04. The molecule has 1 rings (SSSR count). The maximum Gasteiger partial charge on any atom is 0.293 e. The number of nitrogen functional groups attached to an aromatic ring is 2. The number of hydrogen-bond donors (Lipinski definition) is 2. The number of hydrogen-bond acceptors (Lipinski definition) is 4. The largest absolute Gasteiger partial charge is 0.398 e. The average Bonchev–Trinajstić information content (AvgIpc) is 1.96. The van der Waals surface area contributed by atoms with E-state index in [1.807, 2.05) is 0 Å². The fourth-order valence-electron chi connectivity index (χ4n) is 0.755. The van der Waals surface area contributed by atoms with E-state index in [0.717, 1.165) is 0 Å². The van der Waals surface area contributed by atoms with E-state index in [1.54, 1.807) is 0 Å². The van der Waals surface area contributed by atoms with Gasteiger partial charge in [0, 0.05) is 16.2 Å². The number of anilines is 2. The zero-order valence-corrected chi connectivity index (χ0v) is 7.54. The van der Waals surface area contributed by atoms with Crippen molar-refractivity contribution in [2.75, 3.05) is 11.5 Å². The molecular formula is C6H6BrN3O2. The lowest BCUT2D eigenvalue weighted by atomic mass is 10.2. The quantitative estimate of drug-likeness (QED) is 0.435. The van der Waals surface area contributed by atoms with Crippen LogP contribution in [0.4, 0.5) is 17.1 Å². The summed E-state index contributed by atoms with van der Waals surface area (Å²) in [7, 11) is 0. The number of benzene rings is 1. The summed E-state index contributed by atoms with van der Waals surface area (Å²) in [5.74, 6) is 0. The first kappa shape index (κ1) is 8.79. The highest BCUT2D eigenvalue weighted by molar-refractivity contribution is 9.10. The summed E-state index contributed by atoms with van der Waals surface area (Å²) in [6.07, 6.45) is 0. The number of nitro benzene ring substituents is 1. The highest BCUT2D eigenvalue weighted by Gasteiger charge is 2.13. The van der Waals surface area contributed by atoms with Gasteiger partial charge in [-0.2, -0.15) is 0 Å². The van der Waals surface area contributed by atoms with Crippen LogP contribution < -0.4 is 11.5 Å². The minimum Gasteiger partial charge on any atom is -0.398 e. The van der Waals surface area contributed by atoms with Crippen LogP contribution in [0.1, 0.15) is 0 Å². The predicted molar refractivity (Wildman–Crippen MR) is 49.6 cm³/mol. The second-order valence-electron chi connectivity index (χ2n) is 2.19. The third kappa shape index (κ3) is 1.48. The van der Waals surface area contributed by atoms with Crippen molar-refractivity contribution < 1.29 is 4.92 Å². The molecule has 0 saturated carbocycles. The lowest BCUT2D eigenvalue weighted by molar-refractivity contribution is -0.383. The molecule has 0 saturated heterocycles. The Morgan fingerprint density at radius 2 is 1.92 bits per heavy atom. The number of rotatable bonds is 1. The normalized spacial score (nSPS) is 9.75. The average molecular weight is 232 g/mol. The van der Waals surface area contributed by atoms with Crippen LogP contribution in [0.3, 0.4) is 0 Å². The second kappa shape index (κ2) is 2.98. The highest BCUT2D eigenvalue weighted by atomic mass is 79.9. The van der Waals surface area contributed by atoms with Crippen LogP contribution >= 0.6 is 15.9 Å². The van der Waals surface area contributed by atoms with Crippen LogP contribution in [0.2, 0.25) is 0 Å². The maximum atomic E-state index is 10.3. The lowest BCUT2D eigenvalue weighted by Gasteiger charge is -2.00. The van der Waals surface area contributed by atoms with Gasteiger partial charge in [0.15, 0.2) is 0 Å². The molecule has 0 aliphatic carbocycles. The Hall–Kier alpha value is -1.30. The third-order valence-corrected chi connectivity index (χ3v) is 2.03. The van der Waals surface area contributed by atoms with Gasteiger partial charge in [0.1, 0.15) is 5.69 Å². The zero-order chi connectivity index (χ0) is 9.30. The van der Waals surface area contributed by atoms with Gasteiger partial charge in [-0.3, -0.25) is 10.1 Å². The van der Waals surface area contributed by atoms with E-state index >= 15 is 0 Å². The maximum absolute atomic E-state index is 10.3. The molecule has 4 N–H and O–H groups in total. The summed E-state index contributed by atoms with van der Waals surface area (Å²) < 4.78 is 0.475. The molecule has 1 aromatic carbocycles. The Morgan fingerprint density at radius 3 is 2.42 bits per heavy atom. The molecule has 0 heterocycles. The van der Waals surface area contributed by atoms with Crippen LogP contribution in [0.25, 0.3) is 0 Å². The molecule has 6 heteroatoms. The molecule has 0 radical (unpaired) electrons. The van der Waals surface area contributed by atoms with Crippen LogP contribution in [0.15, 0.2) is 16.6 Å². The molecule has 1 aromatic rings. The van der Waals surface area contributed by atoms with Crippen molar-refractivity contribution in [1.29, 1.82) is 0 Å². The van der Waals surface area contributed by atoms with Crippen molar-refractivity contribution in [3.8, 4) is 0 Å². The van der Waals surface area contributed by atoms with Crippen molar-refractivity contribution in [3.05, 3.63) is 26.7 Å². The first-order chi connectivity index (χ1) is 5.52. The standard InChI is InChI=1S/C6H6BrN3O2/c7-3-1-6(10(11)12)5(9)2-4(3)8/h1-2H,8-9H2. The van der Waals surface area contributed by atoms with Crippen molar-refractivity contribution in [1.82, 2.24) is 0 Å². The van der Waals surface area contributed by atoms with E-state index in [9.17, 15) is 10.1 Å². The Labute approximate surface area is 76.6 Å². The Morgan fingerprint density at radius 1 is 1.33 bits per heavy atom. The molecule has 0 amide bonds. The fourth-order valence-corrected chi connectivity index (χ4v) is 1.09. The van der Waals surface area contributed by atoms with E-state index in [2.05, 4.69) is 15.9 Å². The molecule has 5 nitrogen and oxygen atoms in total. The van der Waals surface area contributed by atoms with E-state index in [-0.39, 0.29) is 11.4 Å². The van der Waals surface area contributed by atoms with E-state index in [4.69, 9.17) is 11.5 Å². The van der Waals surface area contributed by atoms with Crippen molar-refractivity contribution >= 4 is 33.0 Å². The van der Waals surface area contributed by atoms with Gasteiger partial charge in [0.05, 0.1) is 4.92 Å². The molecule has 0 spiro atoms. The molecular weight excluding hydrogens is 226 g/mol. The molecule has 12 heavy (non-hydrogen) atoms. The number of nitrogens with zero attached hydrogens (tertiary/aromatic N) is 1. The van der Waals surface area contributed by atoms with Crippen LogP contribution in [-0.2, 0) is 0 Å². The van der Waals surface area contributed by atoms with E-state index < -0.39 is 4.92 Å². The number of nitrogens with two attached hydrogens (primary N) is 2. The zero-order valence-electron chi connectivity index (χ0n) is 5.95. The van der Waals surface area contributed by atoms with Gasteiger partial charge in [-0.25, -0.2) is 0 Å². The van der Waals surface area contributed by atoms with Gasteiger partial charge in [0.25, 0.3) is 5.69 Å². The molecule has 0 aromatic heterocycles. The molecule has 0 unspecified atom stereocenters. The van der Waals surface area contributed by atoms with Gasteiger partial charge >= 0.3 is 0 Å². The minimum atomic E-state index is -0.556. The van der Waals surface area contributed by atoms with Crippen LogP contribution in [0.5, 0.6) is 0 Å². The Balaban J connectivity index is 3.33. The summed E-state index contributed by atoms with van der Waals surface area (Å²) in [6, 6.07) is 2.63. The van der Waals surface area contributed by atoms with E-state index in [0.29, 0.717) is 10.2 Å². The topological polar surface area (TPSA) is 95.2 Å². The lowest BCUT2D eigenvalue weighted by Crippen LogP contribution is -1.97. The van der Waals surface area contributed by atoms with Gasteiger partial charge in [0.2, 0.25) is 0 Å². The van der Waals surface area contributed by atoms with Crippen LogP contribution in [0, 0.1) is 10.1 Å². The van der Waals surface area contributed by atoms with Gasteiger partial charge in [-0.1, -0.05) is 0 Å². The van der Waals surface area contributed by atoms with Crippen molar-refractivity contribution in [2.45, 2.75) is 0 Å². The summed E-state index contributed by atoms with van der Waals surface area (Å²) in [4.78, 5) is 9.79. The van der Waals surface area contributed by atoms with Gasteiger partial charge in [-0.15, -0.1) is 0 Å². The monoisotopic (exact) mass is 231 g/mol. The molecule has 0 bridgehead atoms. The molecule has 0 fully saturated rings.